The zero-order valence-electron chi connectivity index (χ0n) is 11.1. The molecular formula is C15H19N3. The van der Waals surface area contributed by atoms with Crippen LogP contribution in [0.2, 0.25) is 0 Å². The predicted octanol–water partition coefficient (Wildman–Crippen LogP) is 2.86. The van der Waals surface area contributed by atoms with Gasteiger partial charge in [0.25, 0.3) is 0 Å². The Morgan fingerprint density at radius 3 is 2.78 bits per heavy atom. The molecule has 0 saturated heterocycles. The van der Waals surface area contributed by atoms with Gasteiger partial charge in [-0.1, -0.05) is 6.07 Å². The van der Waals surface area contributed by atoms with Crippen molar-refractivity contribution in [3.05, 3.63) is 36.2 Å². The third-order valence-corrected chi connectivity index (χ3v) is 3.72. The average molecular weight is 241 g/mol. The zero-order chi connectivity index (χ0) is 12.5. The van der Waals surface area contributed by atoms with E-state index in [-0.39, 0.29) is 0 Å². The van der Waals surface area contributed by atoms with Crippen molar-refractivity contribution in [3.8, 4) is 11.1 Å². The molecule has 0 bridgehead atoms. The van der Waals surface area contributed by atoms with E-state index in [1.165, 1.54) is 48.2 Å². The summed E-state index contributed by atoms with van der Waals surface area (Å²) in [6, 6.07) is 6.79. The maximum absolute atomic E-state index is 4.24. The zero-order valence-corrected chi connectivity index (χ0v) is 11.1. The lowest BCUT2D eigenvalue weighted by Crippen LogP contribution is -2.17. The number of rotatable bonds is 1. The summed E-state index contributed by atoms with van der Waals surface area (Å²) in [6.07, 6.45) is 7.76. The quantitative estimate of drug-likeness (QED) is 0.765. The van der Waals surface area contributed by atoms with Crippen LogP contribution in [0.3, 0.4) is 0 Å². The molecule has 3 heteroatoms. The molecular weight excluding hydrogens is 222 g/mol. The van der Waals surface area contributed by atoms with E-state index < -0.39 is 0 Å². The van der Waals surface area contributed by atoms with E-state index in [4.69, 9.17) is 0 Å². The van der Waals surface area contributed by atoms with Gasteiger partial charge < -0.3 is 4.90 Å². The minimum Gasteiger partial charge on any atom is -0.374 e. The molecule has 0 saturated carbocycles. The average Bonchev–Trinajstić information content (AvgIpc) is 2.72. The van der Waals surface area contributed by atoms with E-state index in [1.807, 2.05) is 17.9 Å². The van der Waals surface area contributed by atoms with Gasteiger partial charge >= 0.3 is 0 Å². The standard InChI is InChI=1S/C15H19N3/c1-17-8-4-3-5-13-9-12(6-7-15(13)17)14-10-16-18(2)11-14/h6-7,9-11H,3-5,8H2,1-2H3. The Bertz CT molecular complexity index is 557. The number of nitrogens with zero attached hydrogens (tertiary/aromatic N) is 3. The molecule has 0 aliphatic carbocycles. The third kappa shape index (κ3) is 2.01. The number of benzene rings is 1. The fourth-order valence-corrected chi connectivity index (χ4v) is 2.69. The minimum atomic E-state index is 1.17. The third-order valence-electron chi connectivity index (χ3n) is 3.72. The van der Waals surface area contributed by atoms with E-state index in [2.05, 4.69) is 41.4 Å². The Labute approximate surface area is 108 Å². The number of hydrogen-bond donors (Lipinski definition) is 0. The van der Waals surface area contributed by atoms with Gasteiger partial charge in [-0.25, -0.2) is 0 Å². The fourth-order valence-electron chi connectivity index (χ4n) is 2.69. The first kappa shape index (κ1) is 11.3. The summed E-state index contributed by atoms with van der Waals surface area (Å²) in [6.45, 7) is 1.17. The van der Waals surface area contributed by atoms with Gasteiger partial charge in [-0.15, -0.1) is 0 Å². The lowest BCUT2D eigenvalue weighted by atomic mass is 10.0. The van der Waals surface area contributed by atoms with Crippen molar-refractivity contribution in [2.75, 3.05) is 18.5 Å². The molecule has 0 radical (unpaired) electrons. The summed E-state index contributed by atoms with van der Waals surface area (Å²) in [5, 5.41) is 4.24. The van der Waals surface area contributed by atoms with E-state index >= 15 is 0 Å². The molecule has 1 aromatic carbocycles. The number of fused-ring (bicyclic) bond motifs is 1. The monoisotopic (exact) mass is 241 g/mol. The molecule has 0 unspecified atom stereocenters. The van der Waals surface area contributed by atoms with Crippen molar-refractivity contribution in [2.45, 2.75) is 19.3 Å². The van der Waals surface area contributed by atoms with Gasteiger partial charge in [0.2, 0.25) is 0 Å². The molecule has 0 N–H and O–H groups in total. The summed E-state index contributed by atoms with van der Waals surface area (Å²) in [7, 11) is 4.15. The molecule has 0 spiro atoms. The fraction of sp³-hybridized carbons (Fsp3) is 0.400. The molecule has 3 rings (SSSR count). The van der Waals surface area contributed by atoms with Gasteiger partial charge in [-0.3, -0.25) is 4.68 Å². The lowest BCUT2D eigenvalue weighted by molar-refractivity contribution is 0.750. The van der Waals surface area contributed by atoms with E-state index in [1.54, 1.807) is 0 Å². The van der Waals surface area contributed by atoms with Crippen LogP contribution in [0.1, 0.15) is 18.4 Å². The number of anilines is 1. The molecule has 2 aromatic rings. The van der Waals surface area contributed by atoms with Crippen LogP contribution in [0.5, 0.6) is 0 Å². The van der Waals surface area contributed by atoms with Gasteiger partial charge in [0.15, 0.2) is 0 Å². The highest BCUT2D eigenvalue weighted by Crippen LogP contribution is 2.30. The molecule has 0 atom stereocenters. The molecule has 18 heavy (non-hydrogen) atoms. The summed E-state index contributed by atoms with van der Waals surface area (Å²) < 4.78 is 1.85. The molecule has 94 valence electrons. The molecule has 2 heterocycles. The van der Waals surface area contributed by atoms with Crippen LogP contribution in [-0.2, 0) is 13.5 Å². The van der Waals surface area contributed by atoms with Gasteiger partial charge in [-0.05, 0) is 42.5 Å². The molecule has 0 amide bonds. The maximum Gasteiger partial charge on any atom is 0.0568 e. The van der Waals surface area contributed by atoms with Crippen LogP contribution < -0.4 is 4.90 Å². The maximum atomic E-state index is 4.24. The van der Waals surface area contributed by atoms with Crippen LogP contribution in [0.4, 0.5) is 5.69 Å². The van der Waals surface area contributed by atoms with Gasteiger partial charge in [0.05, 0.1) is 6.20 Å². The smallest absolute Gasteiger partial charge is 0.0568 e. The molecule has 1 aliphatic rings. The summed E-state index contributed by atoms with van der Waals surface area (Å²) in [5.74, 6) is 0. The van der Waals surface area contributed by atoms with Crippen LogP contribution in [0, 0.1) is 0 Å². The van der Waals surface area contributed by atoms with Crippen molar-refractivity contribution in [2.24, 2.45) is 7.05 Å². The predicted molar refractivity (Wildman–Crippen MR) is 74.9 cm³/mol. The van der Waals surface area contributed by atoms with Crippen molar-refractivity contribution in [1.82, 2.24) is 9.78 Å². The second kappa shape index (κ2) is 4.48. The van der Waals surface area contributed by atoms with Crippen LogP contribution >= 0.6 is 0 Å². The normalized spacial score (nSPS) is 15.3. The first-order valence-corrected chi connectivity index (χ1v) is 6.57. The molecule has 0 fully saturated rings. The van der Waals surface area contributed by atoms with Crippen molar-refractivity contribution in [3.63, 3.8) is 0 Å². The summed E-state index contributed by atoms with van der Waals surface area (Å²) >= 11 is 0. The number of aryl methyl sites for hydroxylation is 2. The largest absolute Gasteiger partial charge is 0.374 e. The highest BCUT2D eigenvalue weighted by Gasteiger charge is 2.13. The second-order valence-corrected chi connectivity index (χ2v) is 5.12. The number of hydrogen-bond acceptors (Lipinski definition) is 2. The van der Waals surface area contributed by atoms with Crippen molar-refractivity contribution >= 4 is 5.69 Å². The first-order valence-electron chi connectivity index (χ1n) is 6.57. The van der Waals surface area contributed by atoms with Crippen molar-refractivity contribution < 1.29 is 0 Å². The lowest BCUT2D eigenvalue weighted by Gasteiger charge is -2.19. The van der Waals surface area contributed by atoms with E-state index in [9.17, 15) is 0 Å². The highest BCUT2D eigenvalue weighted by atomic mass is 15.2. The van der Waals surface area contributed by atoms with E-state index in [0.29, 0.717) is 0 Å². The Morgan fingerprint density at radius 1 is 1.11 bits per heavy atom. The molecule has 1 aromatic heterocycles. The molecule has 3 nitrogen and oxygen atoms in total. The highest BCUT2D eigenvalue weighted by molar-refractivity contribution is 5.68. The minimum absolute atomic E-state index is 1.17. The molecule has 1 aliphatic heterocycles. The van der Waals surface area contributed by atoms with E-state index in [0.717, 1.165) is 0 Å². The Balaban J connectivity index is 2.02. The topological polar surface area (TPSA) is 21.1 Å². The number of aromatic nitrogens is 2. The van der Waals surface area contributed by atoms with Gasteiger partial charge in [-0.2, -0.15) is 5.10 Å². The summed E-state index contributed by atoms with van der Waals surface area (Å²) in [5.41, 5.74) is 5.33. The SMILES string of the molecule is CN1CCCCc2cc(-c3cnn(C)c3)ccc21. The Hall–Kier alpha value is -1.77. The van der Waals surface area contributed by atoms with Gasteiger partial charge in [0.1, 0.15) is 0 Å². The van der Waals surface area contributed by atoms with Crippen LogP contribution in [0.15, 0.2) is 30.6 Å². The van der Waals surface area contributed by atoms with Crippen molar-refractivity contribution in [1.29, 1.82) is 0 Å². The van der Waals surface area contributed by atoms with Crippen LogP contribution in [-0.4, -0.2) is 23.4 Å². The first-order chi connectivity index (χ1) is 8.74. The second-order valence-electron chi connectivity index (χ2n) is 5.12. The summed E-state index contributed by atoms with van der Waals surface area (Å²) in [4.78, 5) is 2.37. The Morgan fingerprint density at radius 2 is 2.00 bits per heavy atom. The van der Waals surface area contributed by atoms with Gasteiger partial charge in [0, 0.05) is 38.1 Å². The van der Waals surface area contributed by atoms with Crippen LogP contribution in [0.25, 0.3) is 11.1 Å². The Kier molecular flexibility index (Phi) is 2.82.